The summed E-state index contributed by atoms with van der Waals surface area (Å²) in [5.74, 6) is -0.798. The molecular weight excluding hydrogens is 432 g/mol. The molecule has 1 heterocycles. The molecule has 2 atom stereocenters. The molecule has 174 valence electrons. The number of anilines is 3. The summed E-state index contributed by atoms with van der Waals surface area (Å²) in [6.45, 7) is 0. The van der Waals surface area contributed by atoms with Crippen molar-refractivity contribution in [2.24, 2.45) is 0 Å². The van der Waals surface area contributed by atoms with Crippen molar-refractivity contribution in [1.82, 2.24) is 15.3 Å². The van der Waals surface area contributed by atoms with E-state index in [0.717, 1.165) is 5.69 Å². The van der Waals surface area contributed by atoms with Crippen molar-refractivity contribution >= 4 is 40.2 Å². The van der Waals surface area contributed by atoms with Gasteiger partial charge in [-0.25, -0.2) is 4.98 Å². The van der Waals surface area contributed by atoms with Gasteiger partial charge in [-0.1, -0.05) is 30.3 Å². The van der Waals surface area contributed by atoms with Gasteiger partial charge < -0.3 is 31.4 Å². The number of aromatic amines is 1. The van der Waals surface area contributed by atoms with Gasteiger partial charge in [0.15, 0.2) is 12.1 Å². The lowest BCUT2D eigenvalue weighted by atomic mass is 10.00. The maximum atomic E-state index is 13.0. The van der Waals surface area contributed by atoms with Crippen molar-refractivity contribution in [3.05, 3.63) is 83.9 Å². The Labute approximate surface area is 196 Å². The second-order valence-corrected chi connectivity index (χ2v) is 8.09. The SMILES string of the molecule is CN(C)c1ccc(C(=O)NC(c2ccccc2)C(O)C(=O)Nc2ccc3nc(N)[nH]c3c2)cc1. The van der Waals surface area contributed by atoms with Crippen molar-refractivity contribution in [1.29, 1.82) is 0 Å². The fourth-order valence-corrected chi connectivity index (χ4v) is 3.62. The number of nitrogens with one attached hydrogen (secondary N) is 3. The summed E-state index contributed by atoms with van der Waals surface area (Å²) in [5.41, 5.74) is 9.41. The number of benzene rings is 3. The van der Waals surface area contributed by atoms with Crippen molar-refractivity contribution in [3.8, 4) is 0 Å². The summed E-state index contributed by atoms with van der Waals surface area (Å²) < 4.78 is 0. The van der Waals surface area contributed by atoms with Gasteiger partial charge in [-0.15, -0.1) is 0 Å². The van der Waals surface area contributed by atoms with Gasteiger partial charge in [0.1, 0.15) is 0 Å². The number of nitrogens with zero attached hydrogens (tertiary/aromatic N) is 2. The molecule has 4 aromatic rings. The third-order valence-corrected chi connectivity index (χ3v) is 5.44. The fourth-order valence-electron chi connectivity index (χ4n) is 3.62. The minimum atomic E-state index is -1.55. The molecule has 9 heteroatoms. The van der Waals surface area contributed by atoms with Gasteiger partial charge in [-0.2, -0.15) is 0 Å². The molecule has 6 N–H and O–H groups in total. The summed E-state index contributed by atoms with van der Waals surface area (Å²) in [4.78, 5) is 34.8. The molecular formula is C25H26N6O3. The zero-order valence-corrected chi connectivity index (χ0v) is 18.8. The van der Waals surface area contributed by atoms with Crippen LogP contribution in [0.3, 0.4) is 0 Å². The molecule has 0 saturated heterocycles. The van der Waals surface area contributed by atoms with Crippen LogP contribution in [0, 0.1) is 0 Å². The lowest BCUT2D eigenvalue weighted by Crippen LogP contribution is -2.42. The lowest BCUT2D eigenvalue weighted by molar-refractivity contribution is -0.125. The zero-order chi connectivity index (χ0) is 24.2. The first-order chi connectivity index (χ1) is 16.3. The van der Waals surface area contributed by atoms with E-state index in [0.29, 0.717) is 27.8 Å². The Morgan fingerprint density at radius 3 is 2.41 bits per heavy atom. The Morgan fingerprint density at radius 2 is 1.74 bits per heavy atom. The number of hydrogen-bond donors (Lipinski definition) is 5. The molecule has 2 amide bonds. The number of amides is 2. The minimum Gasteiger partial charge on any atom is -0.381 e. The molecule has 0 spiro atoms. The van der Waals surface area contributed by atoms with Crippen LogP contribution in [0.4, 0.5) is 17.3 Å². The molecule has 3 aromatic carbocycles. The highest BCUT2D eigenvalue weighted by molar-refractivity contribution is 5.98. The normalized spacial score (nSPS) is 12.7. The predicted molar refractivity (Wildman–Crippen MR) is 133 cm³/mol. The summed E-state index contributed by atoms with van der Waals surface area (Å²) >= 11 is 0. The number of carbonyl (C=O) groups is 2. The van der Waals surface area contributed by atoms with Crippen LogP contribution in [0.15, 0.2) is 72.8 Å². The van der Waals surface area contributed by atoms with E-state index in [1.807, 2.05) is 37.2 Å². The van der Waals surface area contributed by atoms with Crippen molar-refractivity contribution in [3.63, 3.8) is 0 Å². The number of nitrogen functional groups attached to an aromatic ring is 1. The average Bonchev–Trinajstić information content (AvgIpc) is 3.21. The Balaban J connectivity index is 1.54. The number of imidazole rings is 1. The summed E-state index contributed by atoms with van der Waals surface area (Å²) in [7, 11) is 3.82. The molecule has 34 heavy (non-hydrogen) atoms. The minimum absolute atomic E-state index is 0.268. The third kappa shape index (κ3) is 5.00. The Bertz CT molecular complexity index is 1300. The van der Waals surface area contributed by atoms with E-state index in [2.05, 4.69) is 20.6 Å². The molecule has 0 aliphatic heterocycles. The summed E-state index contributed by atoms with van der Waals surface area (Å²) in [5, 5.41) is 16.4. The maximum absolute atomic E-state index is 13.0. The predicted octanol–water partition coefficient (Wildman–Crippen LogP) is 2.68. The Hall–Kier alpha value is -4.37. The van der Waals surface area contributed by atoms with Crippen molar-refractivity contribution in [2.75, 3.05) is 30.0 Å². The number of hydrogen-bond acceptors (Lipinski definition) is 6. The first kappa shape index (κ1) is 22.8. The van der Waals surface area contributed by atoms with Crippen molar-refractivity contribution in [2.45, 2.75) is 12.1 Å². The van der Waals surface area contributed by atoms with E-state index >= 15 is 0 Å². The van der Waals surface area contributed by atoms with Gasteiger partial charge in [0.2, 0.25) is 0 Å². The number of aliphatic hydroxyl groups is 1. The fraction of sp³-hybridized carbons (Fsp3) is 0.160. The second kappa shape index (κ2) is 9.63. The number of carbonyl (C=O) groups excluding carboxylic acids is 2. The first-order valence-corrected chi connectivity index (χ1v) is 10.7. The van der Waals surface area contributed by atoms with Crippen LogP contribution in [-0.4, -0.2) is 47.1 Å². The molecule has 1 aromatic heterocycles. The largest absolute Gasteiger partial charge is 0.381 e. The quantitative estimate of drug-likeness (QED) is 0.289. The molecule has 0 bridgehead atoms. The number of fused-ring (bicyclic) bond motifs is 1. The molecule has 9 nitrogen and oxygen atoms in total. The van der Waals surface area contributed by atoms with Gasteiger partial charge in [0.25, 0.3) is 11.8 Å². The Morgan fingerprint density at radius 1 is 1.03 bits per heavy atom. The molecule has 0 radical (unpaired) electrons. The number of aromatic nitrogens is 2. The molecule has 0 aliphatic carbocycles. The van der Waals surface area contributed by atoms with Crippen LogP contribution in [0.1, 0.15) is 22.0 Å². The lowest BCUT2D eigenvalue weighted by Gasteiger charge is -2.24. The molecule has 0 fully saturated rings. The summed E-state index contributed by atoms with van der Waals surface area (Å²) in [6, 6.07) is 20.0. The van der Waals surface area contributed by atoms with E-state index < -0.39 is 24.0 Å². The van der Waals surface area contributed by atoms with Crippen LogP contribution in [0.5, 0.6) is 0 Å². The molecule has 2 unspecified atom stereocenters. The molecule has 0 aliphatic rings. The number of nitrogens with two attached hydrogens (primary N) is 1. The zero-order valence-electron chi connectivity index (χ0n) is 18.8. The van der Waals surface area contributed by atoms with Gasteiger partial charge in [0, 0.05) is 31.0 Å². The number of rotatable bonds is 7. The van der Waals surface area contributed by atoms with Crippen LogP contribution in [0.25, 0.3) is 11.0 Å². The maximum Gasteiger partial charge on any atom is 0.255 e. The van der Waals surface area contributed by atoms with Crippen LogP contribution < -0.4 is 21.3 Å². The summed E-state index contributed by atoms with van der Waals surface area (Å²) in [6.07, 6.45) is -1.55. The van der Waals surface area contributed by atoms with E-state index in [4.69, 9.17) is 5.73 Å². The third-order valence-electron chi connectivity index (χ3n) is 5.44. The smallest absolute Gasteiger partial charge is 0.255 e. The Kier molecular flexibility index (Phi) is 6.46. The van der Waals surface area contributed by atoms with Gasteiger partial charge in [0.05, 0.1) is 17.1 Å². The topological polar surface area (TPSA) is 136 Å². The van der Waals surface area contributed by atoms with Crippen LogP contribution in [-0.2, 0) is 4.79 Å². The second-order valence-electron chi connectivity index (χ2n) is 8.09. The first-order valence-electron chi connectivity index (χ1n) is 10.7. The highest BCUT2D eigenvalue weighted by Crippen LogP contribution is 2.22. The highest BCUT2D eigenvalue weighted by atomic mass is 16.3. The van der Waals surface area contributed by atoms with E-state index in [9.17, 15) is 14.7 Å². The van der Waals surface area contributed by atoms with E-state index in [1.54, 1.807) is 54.6 Å². The average molecular weight is 459 g/mol. The van der Waals surface area contributed by atoms with Gasteiger partial charge >= 0.3 is 0 Å². The van der Waals surface area contributed by atoms with Crippen molar-refractivity contribution < 1.29 is 14.7 Å². The monoisotopic (exact) mass is 458 g/mol. The standard InChI is InChI=1S/C25H26N6O3/c1-31(2)18-11-8-16(9-12-18)23(33)30-21(15-6-4-3-5-7-15)22(32)24(34)27-17-10-13-19-20(14-17)29-25(26)28-19/h3-14,21-22,32H,1-2H3,(H,27,34)(H,30,33)(H3,26,28,29). The highest BCUT2D eigenvalue weighted by Gasteiger charge is 2.29. The van der Waals surface area contributed by atoms with Gasteiger partial charge in [-0.05, 0) is 48.0 Å². The van der Waals surface area contributed by atoms with Crippen LogP contribution in [0.2, 0.25) is 0 Å². The van der Waals surface area contributed by atoms with Gasteiger partial charge in [-0.3, -0.25) is 9.59 Å². The molecule has 0 saturated carbocycles. The van der Waals surface area contributed by atoms with Crippen LogP contribution >= 0.6 is 0 Å². The number of aliphatic hydroxyl groups excluding tert-OH is 1. The molecule has 4 rings (SSSR count). The number of H-pyrrole nitrogens is 1. The van der Waals surface area contributed by atoms with E-state index in [1.165, 1.54) is 0 Å². The van der Waals surface area contributed by atoms with E-state index in [-0.39, 0.29) is 5.95 Å².